The van der Waals surface area contributed by atoms with Crippen LogP contribution in [0.25, 0.3) is 0 Å². The summed E-state index contributed by atoms with van der Waals surface area (Å²) >= 11 is 19.0. The van der Waals surface area contributed by atoms with Crippen LogP contribution >= 0.6 is 55.1 Å². The number of rotatable bonds is 7. The van der Waals surface area contributed by atoms with Crippen LogP contribution in [0.5, 0.6) is 23.0 Å². The van der Waals surface area contributed by atoms with E-state index in [-0.39, 0.29) is 6.10 Å². The van der Waals surface area contributed by atoms with E-state index >= 15 is 0 Å². The second-order valence-corrected chi connectivity index (χ2v) is 8.85. The molecule has 0 atom stereocenters. The van der Waals surface area contributed by atoms with E-state index in [0.29, 0.717) is 33.9 Å². The van der Waals surface area contributed by atoms with Gasteiger partial charge in [0.2, 0.25) is 0 Å². The predicted octanol–water partition coefficient (Wildman–Crippen LogP) is 7.58. The maximum atomic E-state index is 6.27. The Morgan fingerprint density at radius 3 is 2.16 bits per heavy atom. The molecular formula is C18H16Br2Cl2O3. The molecule has 0 aliphatic carbocycles. The van der Waals surface area contributed by atoms with Gasteiger partial charge in [0.1, 0.15) is 29.6 Å². The van der Waals surface area contributed by atoms with Gasteiger partial charge in [-0.05, 0) is 76.0 Å². The molecule has 0 aliphatic heterocycles. The van der Waals surface area contributed by atoms with E-state index in [2.05, 4.69) is 31.9 Å². The monoisotopic (exact) mass is 508 g/mol. The Kier molecular flexibility index (Phi) is 7.94. The van der Waals surface area contributed by atoms with Crippen LogP contribution in [-0.4, -0.2) is 12.7 Å². The van der Waals surface area contributed by atoms with Crippen molar-refractivity contribution in [3.8, 4) is 23.0 Å². The summed E-state index contributed by atoms with van der Waals surface area (Å²) in [6.07, 6.45) is 1.92. The Morgan fingerprint density at radius 1 is 1.00 bits per heavy atom. The highest BCUT2D eigenvalue weighted by atomic mass is 79.9. The van der Waals surface area contributed by atoms with E-state index in [0.717, 1.165) is 9.14 Å². The fourth-order valence-electron chi connectivity index (χ4n) is 1.88. The summed E-state index contributed by atoms with van der Waals surface area (Å²) in [5.74, 6) is 2.35. The number of hydrogen-bond donors (Lipinski definition) is 0. The lowest BCUT2D eigenvalue weighted by atomic mass is 10.3. The van der Waals surface area contributed by atoms with Gasteiger partial charge in [0, 0.05) is 12.1 Å². The van der Waals surface area contributed by atoms with Crippen molar-refractivity contribution in [2.45, 2.75) is 20.0 Å². The third-order valence-corrected chi connectivity index (χ3v) is 4.12. The molecule has 2 rings (SSSR count). The number of ether oxygens (including phenoxy) is 3. The molecular weight excluding hydrogens is 495 g/mol. The molecule has 2 aromatic carbocycles. The molecule has 0 radical (unpaired) electrons. The largest absolute Gasteiger partial charge is 0.491 e. The van der Waals surface area contributed by atoms with E-state index in [4.69, 9.17) is 37.4 Å². The van der Waals surface area contributed by atoms with E-state index in [1.54, 1.807) is 18.2 Å². The van der Waals surface area contributed by atoms with Crippen LogP contribution in [0.1, 0.15) is 13.8 Å². The minimum absolute atomic E-state index is 0.118. The highest BCUT2D eigenvalue weighted by Crippen LogP contribution is 2.38. The topological polar surface area (TPSA) is 27.7 Å². The zero-order valence-corrected chi connectivity index (χ0v) is 18.2. The number of benzene rings is 2. The van der Waals surface area contributed by atoms with Gasteiger partial charge in [0.15, 0.2) is 0 Å². The summed E-state index contributed by atoms with van der Waals surface area (Å²) < 4.78 is 17.8. The summed E-state index contributed by atoms with van der Waals surface area (Å²) in [7, 11) is 0. The highest BCUT2D eigenvalue weighted by molar-refractivity contribution is 9.28. The smallest absolute Gasteiger partial charge is 0.147 e. The molecule has 134 valence electrons. The molecule has 0 heterocycles. The van der Waals surface area contributed by atoms with Crippen LogP contribution in [0.3, 0.4) is 0 Å². The lowest BCUT2D eigenvalue weighted by molar-refractivity contribution is 0.242. The molecule has 3 nitrogen and oxygen atoms in total. The van der Waals surface area contributed by atoms with Crippen molar-refractivity contribution in [2.24, 2.45) is 0 Å². The van der Waals surface area contributed by atoms with Crippen molar-refractivity contribution in [3.05, 3.63) is 55.9 Å². The SMILES string of the molecule is CC(C)Oc1ccc(Oc2cc(Cl)c(OCC=C(Br)Br)cc2Cl)cc1. The molecule has 0 spiro atoms. The average Bonchev–Trinajstić information content (AvgIpc) is 2.53. The molecule has 0 N–H and O–H groups in total. The first-order valence-corrected chi connectivity index (χ1v) is 9.77. The normalized spacial score (nSPS) is 10.5. The predicted molar refractivity (Wildman–Crippen MR) is 110 cm³/mol. The fraction of sp³-hybridized carbons (Fsp3) is 0.222. The molecule has 0 unspecified atom stereocenters. The maximum absolute atomic E-state index is 6.27. The highest BCUT2D eigenvalue weighted by Gasteiger charge is 2.11. The summed E-state index contributed by atoms with van der Waals surface area (Å²) in [6, 6.07) is 10.6. The van der Waals surface area contributed by atoms with Crippen molar-refractivity contribution < 1.29 is 14.2 Å². The third kappa shape index (κ3) is 6.74. The Balaban J connectivity index is 2.09. The van der Waals surface area contributed by atoms with E-state index < -0.39 is 0 Å². The van der Waals surface area contributed by atoms with Crippen LogP contribution in [0.15, 0.2) is 45.9 Å². The Morgan fingerprint density at radius 2 is 1.56 bits per heavy atom. The summed E-state index contributed by atoms with van der Waals surface area (Å²) in [6.45, 7) is 4.30. The Labute approximate surface area is 174 Å². The Bertz CT molecular complexity index is 743. The van der Waals surface area contributed by atoms with E-state index in [1.165, 1.54) is 0 Å². The van der Waals surface area contributed by atoms with Crippen molar-refractivity contribution in [1.82, 2.24) is 0 Å². The van der Waals surface area contributed by atoms with Gasteiger partial charge in [-0.1, -0.05) is 23.2 Å². The van der Waals surface area contributed by atoms with Gasteiger partial charge in [0.05, 0.1) is 19.5 Å². The first-order chi connectivity index (χ1) is 11.8. The standard InChI is InChI=1S/C18H16Br2Cl2O3/c1-11(2)24-12-3-5-13(6-4-12)25-17-10-14(21)16(9-15(17)22)23-8-7-18(19)20/h3-7,9-11H,8H2,1-2H3. The van der Waals surface area contributed by atoms with Crippen LogP contribution in [0.4, 0.5) is 0 Å². The third-order valence-electron chi connectivity index (χ3n) is 2.89. The van der Waals surface area contributed by atoms with Gasteiger partial charge in [0.25, 0.3) is 0 Å². The maximum Gasteiger partial charge on any atom is 0.147 e. The van der Waals surface area contributed by atoms with Crippen molar-refractivity contribution in [3.63, 3.8) is 0 Å². The molecule has 0 bridgehead atoms. The number of halogens is 4. The van der Waals surface area contributed by atoms with Crippen LogP contribution in [0.2, 0.25) is 10.0 Å². The molecule has 0 fully saturated rings. The average molecular weight is 511 g/mol. The summed E-state index contributed by atoms with van der Waals surface area (Å²) in [5, 5.41) is 0.821. The zero-order valence-electron chi connectivity index (χ0n) is 13.6. The molecule has 2 aromatic rings. The van der Waals surface area contributed by atoms with Crippen LogP contribution < -0.4 is 14.2 Å². The van der Waals surface area contributed by atoms with Gasteiger partial charge >= 0.3 is 0 Å². The molecule has 7 heteroatoms. The minimum atomic E-state index is 0.118. The van der Waals surface area contributed by atoms with Crippen molar-refractivity contribution >= 4 is 55.1 Å². The van der Waals surface area contributed by atoms with Gasteiger partial charge in [-0.25, -0.2) is 0 Å². The molecule has 0 saturated heterocycles. The second kappa shape index (κ2) is 9.72. The van der Waals surface area contributed by atoms with E-state index in [9.17, 15) is 0 Å². The zero-order chi connectivity index (χ0) is 18.4. The fourth-order valence-corrected chi connectivity index (χ4v) is 2.54. The van der Waals surface area contributed by atoms with Crippen molar-refractivity contribution in [1.29, 1.82) is 0 Å². The number of hydrogen-bond acceptors (Lipinski definition) is 3. The summed E-state index contributed by atoms with van der Waals surface area (Å²) in [5.41, 5.74) is 0. The van der Waals surface area contributed by atoms with Crippen LogP contribution in [-0.2, 0) is 0 Å². The minimum Gasteiger partial charge on any atom is -0.491 e. The second-order valence-electron chi connectivity index (χ2n) is 5.26. The van der Waals surface area contributed by atoms with Gasteiger partial charge < -0.3 is 14.2 Å². The molecule has 0 amide bonds. The lowest BCUT2D eigenvalue weighted by Crippen LogP contribution is -2.05. The molecule has 0 aromatic heterocycles. The first-order valence-electron chi connectivity index (χ1n) is 7.42. The first kappa shape index (κ1) is 20.4. The van der Waals surface area contributed by atoms with Gasteiger partial charge in [-0.3, -0.25) is 0 Å². The van der Waals surface area contributed by atoms with Crippen molar-refractivity contribution in [2.75, 3.05) is 6.61 Å². The van der Waals surface area contributed by atoms with Gasteiger partial charge in [-0.15, -0.1) is 0 Å². The molecule has 0 aliphatic rings. The van der Waals surface area contributed by atoms with Crippen LogP contribution in [0, 0.1) is 0 Å². The lowest BCUT2D eigenvalue weighted by Gasteiger charge is -2.13. The Hall–Kier alpha value is -0.880. The quantitative estimate of drug-likeness (QED) is 0.384. The molecule has 25 heavy (non-hydrogen) atoms. The van der Waals surface area contributed by atoms with Gasteiger partial charge in [-0.2, -0.15) is 0 Å². The molecule has 0 saturated carbocycles. The van der Waals surface area contributed by atoms with E-state index in [1.807, 2.05) is 38.1 Å². The summed E-state index contributed by atoms with van der Waals surface area (Å²) in [4.78, 5) is 0.